The molecule has 1 aromatic rings. The molecule has 0 N–H and O–H groups in total. The number of nitrogens with zero attached hydrogens (tertiary/aromatic N) is 3. The third-order valence-electron chi connectivity index (χ3n) is 4.44. The molecule has 1 unspecified atom stereocenters. The van der Waals surface area contributed by atoms with Gasteiger partial charge in [-0.15, -0.1) is 0 Å². The van der Waals surface area contributed by atoms with Gasteiger partial charge in [-0.2, -0.15) is 0 Å². The summed E-state index contributed by atoms with van der Waals surface area (Å²) < 4.78 is 0. The Balaban J connectivity index is 2.01. The Bertz CT molecular complexity index is 671. The second kappa shape index (κ2) is 3.39. The minimum Gasteiger partial charge on any atom is -0.283 e. The number of imide groups is 1. The molecule has 3 aliphatic heterocycles. The molecule has 6 heteroatoms. The van der Waals surface area contributed by atoms with Gasteiger partial charge in [0.2, 0.25) is 11.8 Å². The number of carbonyl (C=O) groups excluding carboxylic acids is 3. The molecule has 4 rings (SSSR count). The van der Waals surface area contributed by atoms with Crippen molar-refractivity contribution in [3.63, 3.8) is 0 Å². The van der Waals surface area contributed by atoms with Crippen molar-refractivity contribution in [2.45, 2.75) is 18.4 Å². The van der Waals surface area contributed by atoms with Crippen molar-refractivity contribution in [1.29, 1.82) is 0 Å². The average Bonchev–Trinajstić information content (AvgIpc) is 3.03. The molecular formula is C14H13N3O3. The number of carbonyl (C=O) groups is 3. The van der Waals surface area contributed by atoms with Crippen molar-refractivity contribution in [3.05, 3.63) is 29.8 Å². The maximum Gasteiger partial charge on any atom is 0.262 e. The van der Waals surface area contributed by atoms with E-state index < -0.39 is 5.54 Å². The number of likely N-dealkylation sites (tertiary alicyclic amines) is 1. The Morgan fingerprint density at radius 3 is 2.55 bits per heavy atom. The summed E-state index contributed by atoms with van der Waals surface area (Å²) in [6.45, 7) is 0.558. The Labute approximate surface area is 115 Å². The normalized spacial score (nSPS) is 27.9. The highest BCUT2D eigenvalue weighted by Crippen LogP contribution is 2.52. The summed E-state index contributed by atoms with van der Waals surface area (Å²) in [5.74, 6) is -0.656. The van der Waals surface area contributed by atoms with Crippen molar-refractivity contribution < 1.29 is 14.4 Å². The number of hydrogen-bond acceptors (Lipinski definition) is 4. The van der Waals surface area contributed by atoms with Crippen LogP contribution in [0.1, 0.15) is 18.4 Å². The zero-order valence-corrected chi connectivity index (χ0v) is 11.0. The van der Waals surface area contributed by atoms with Gasteiger partial charge >= 0.3 is 0 Å². The second-order valence-corrected chi connectivity index (χ2v) is 5.39. The van der Waals surface area contributed by atoms with Crippen molar-refractivity contribution in [2.24, 2.45) is 0 Å². The maximum atomic E-state index is 12.7. The number of likely N-dealkylation sites (N-methyl/N-ethyl adjacent to an activating group) is 1. The molecule has 2 fully saturated rings. The first-order valence-corrected chi connectivity index (χ1v) is 6.58. The molecule has 1 atom stereocenters. The molecule has 3 heterocycles. The lowest BCUT2D eigenvalue weighted by atomic mass is 9.87. The van der Waals surface area contributed by atoms with Gasteiger partial charge in [0.15, 0.2) is 5.54 Å². The molecule has 0 saturated carbocycles. The van der Waals surface area contributed by atoms with Crippen LogP contribution in [0.4, 0.5) is 5.69 Å². The molecule has 20 heavy (non-hydrogen) atoms. The number of para-hydroxylation sites is 1. The summed E-state index contributed by atoms with van der Waals surface area (Å²) in [6.07, 6.45) is 0.406. The van der Waals surface area contributed by atoms with Gasteiger partial charge < -0.3 is 0 Å². The molecule has 3 amide bonds. The van der Waals surface area contributed by atoms with Gasteiger partial charge in [-0.3, -0.25) is 24.3 Å². The van der Waals surface area contributed by atoms with Crippen LogP contribution in [0.5, 0.6) is 0 Å². The van der Waals surface area contributed by atoms with E-state index in [4.69, 9.17) is 0 Å². The van der Waals surface area contributed by atoms with Crippen molar-refractivity contribution >= 4 is 23.4 Å². The van der Waals surface area contributed by atoms with E-state index in [-0.39, 0.29) is 24.1 Å². The van der Waals surface area contributed by atoms with Crippen LogP contribution >= 0.6 is 0 Å². The Kier molecular flexibility index (Phi) is 1.94. The van der Waals surface area contributed by atoms with Crippen LogP contribution in [0.2, 0.25) is 0 Å². The number of benzene rings is 1. The highest BCUT2D eigenvalue weighted by atomic mass is 16.2. The third kappa shape index (κ3) is 1.04. The number of amides is 3. The van der Waals surface area contributed by atoms with Gasteiger partial charge in [-0.25, -0.2) is 5.01 Å². The standard InChI is InChI=1S/C14H13N3O3/c1-15-12(19)8-14(13(15)20)9-4-2-3-5-10(9)16-7-6-11(18)17(14)16/h2-5H,6-8H2,1H3. The molecular weight excluding hydrogens is 258 g/mol. The van der Waals surface area contributed by atoms with E-state index >= 15 is 0 Å². The molecule has 6 nitrogen and oxygen atoms in total. The fraction of sp³-hybridized carbons (Fsp3) is 0.357. The highest BCUT2D eigenvalue weighted by Gasteiger charge is 2.64. The summed E-state index contributed by atoms with van der Waals surface area (Å²) in [7, 11) is 1.48. The van der Waals surface area contributed by atoms with Crippen LogP contribution in [-0.4, -0.2) is 41.2 Å². The second-order valence-electron chi connectivity index (χ2n) is 5.39. The lowest BCUT2D eigenvalue weighted by Gasteiger charge is -2.33. The summed E-state index contributed by atoms with van der Waals surface area (Å²) in [5, 5.41) is 3.34. The zero-order valence-electron chi connectivity index (χ0n) is 11.0. The topological polar surface area (TPSA) is 60.9 Å². The molecule has 0 aromatic heterocycles. The van der Waals surface area contributed by atoms with Crippen molar-refractivity contribution in [3.8, 4) is 0 Å². The van der Waals surface area contributed by atoms with Crippen LogP contribution in [0.25, 0.3) is 0 Å². The van der Waals surface area contributed by atoms with Gasteiger partial charge in [-0.05, 0) is 6.07 Å². The predicted octanol–water partition coefficient (Wildman–Crippen LogP) is 0.238. The summed E-state index contributed by atoms with van der Waals surface area (Å²) >= 11 is 0. The number of rotatable bonds is 0. The molecule has 0 bridgehead atoms. The van der Waals surface area contributed by atoms with Gasteiger partial charge in [0, 0.05) is 25.6 Å². The Morgan fingerprint density at radius 2 is 1.85 bits per heavy atom. The van der Waals surface area contributed by atoms with Crippen LogP contribution in [0.3, 0.4) is 0 Å². The minimum absolute atomic E-state index is 0.0294. The van der Waals surface area contributed by atoms with Gasteiger partial charge in [-0.1, -0.05) is 18.2 Å². The number of hydrazine groups is 1. The fourth-order valence-corrected chi connectivity index (χ4v) is 3.53. The summed E-state index contributed by atoms with van der Waals surface area (Å²) in [5.41, 5.74) is 0.460. The van der Waals surface area contributed by atoms with Crippen LogP contribution in [0.15, 0.2) is 24.3 Å². The van der Waals surface area contributed by atoms with Crippen LogP contribution in [-0.2, 0) is 19.9 Å². The minimum atomic E-state index is -1.16. The van der Waals surface area contributed by atoms with E-state index in [1.54, 1.807) is 0 Å². The summed E-state index contributed by atoms with van der Waals surface area (Å²) in [6, 6.07) is 7.45. The zero-order chi connectivity index (χ0) is 14.1. The largest absolute Gasteiger partial charge is 0.283 e. The van der Waals surface area contributed by atoms with Crippen LogP contribution < -0.4 is 5.01 Å². The Hall–Kier alpha value is -2.37. The SMILES string of the molecule is CN1C(=O)CC2(C1=O)c1ccccc1N1CCC(=O)N12. The quantitative estimate of drug-likeness (QED) is 0.634. The van der Waals surface area contributed by atoms with E-state index in [0.29, 0.717) is 13.0 Å². The Morgan fingerprint density at radius 1 is 1.10 bits per heavy atom. The lowest BCUT2D eigenvalue weighted by molar-refractivity contribution is -0.147. The smallest absolute Gasteiger partial charge is 0.262 e. The lowest BCUT2D eigenvalue weighted by Crippen LogP contribution is -2.52. The monoisotopic (exact) mass is 271 g/mol. The molecule has 3 aliphatic rings. The fourth-order valence-electron chi connectivity index (χ4n) is 3.53. The average molecular weight is 271 g/mol. The van der Waals surface area contributed by atoms with E-state index in [2.05, 4.69) is 0 Å². The number of anilines is 1. The molecule has 0 aliphatic carbocycles. The molecule has 1 spiro atoms. The van der Waals surface area contributed by atoms with Crippen molar-refractivity contribution in [2.75, 3.05) is 18.6 Å². The maximum absolute atomic E-state index is 12.7. The molecule has 0 radical (unpaired) electrons. The first kappa shape index (κ1) is 11.5. The van der Waals surface area contributed by atoms with E-state index in [1.165, 1.54) is 12.1 Å². The molecule has 102 valence electrons. The van der Waals surface area contributed by atoms with Gasteiger partial charge in [0.1, 0.15) is 0 Å². The van der Waals surface area contributed by atoms with Gasteiger partial charge in [0.25, 0.3) is 5.91 Å². The highest BCUT2D eigenvalue weighted by molar-refractivity contribution is 6.12. The summed E-state index contributed by atoms with van der Waals surface area (Å²) in [4.78, 5) is 38.1. The van der Waals surface area contributed by atoms with E-state index in [0.717, 1.165) is 16.2 Å². The number of fused-ring (bicyclic) bond motifs is 5. The predicted molar refractivity (Wildman–Crippen MR) is 69.3 cm³/mol. The number of hydrogen-bond donors (Lipinski definition) is 0. The first-order valence-electron chi connectivity index (χ1n) is 6.58. The van der Waals surface area contributed by atoms with Crippen molar-refractivity contribution in [1.82, 2.24) is 9.91 Å². The molecule has 1 aromatic carbocycles. The van der Waals surface area contributed by atoms with Gasteiger partial charge in [0.05, 0.1) is 12.1 Å². The van der Waals surface area contributed by atoms with Crippen LogP contribution in [0, 0.1) is 0 Å². The molecule has 2 saturated heterocycles. The van der Waals surface area contributed by atoms with E-state index in [9.17, 15) is 14.4 Å². The van der Waals surface area contributed by atoms with E-state index in [1.807, 2.05) is 29.3 Å². The third-order valence-corrected chi connectivity index (χ3v) is 4.44. The first-order chi connectivity index (χ1) is 9.57.